The molecule has 43 heavy (non-hydrogen) atoms. The number of benzene rings is 2. The molecule has 0 saturated carbocycles. The molecule has 10 nitrogen and oxygen atoms in total. The third kappa shape index (κ3) is 7.69. The van der Waals surface area contributed by atoms with Gasteiger partial charge in [-0.2, -0.15) is 13.2 Å². The molecule has 224 valence electrons. The van der Waals surface area contributed by atoms with Crippen LogP contribution in [-0.2, 0) is 12.7 Å². The molecule has 1 fully saturated rings. The third-order valence-electron chi connectivity index (χ3n) is 7.21. The number of aliphatic hydroxyl groups is 1. The average Bonchev–Trinajstić information content (AvgIpc) is 3.00. The van der Waals surface area contributed by atoms with Crippen LogP contribution in [-0.4, -0.2) is 80.1 Å². The summed E-state index contributed by atoms with van der Waals surface area (Å²) in [5.41, 5.74) is 2.38. The Bertz CT molecular complexity index is 1560. The molecular weight excluding hydrogens is 561 g/mol. The van der Waals surface area contributed by atoms with Crippen LogP contribution < -0.4 is 10.6 Å². The molecule has 0 spiro atoms. The number of nitrogens with one attached hydrogen (secondary N) is 2. The van der Waals surface area contributed by atoms with Gasteiger partial charge in [-0.3, -0.25) is 14.6 Å². The van der Waals surface area contributed by atoms with Gasteiger partial charge in [0.1, 0.15) is 6.33 Å². The fourth-order valence-electron chi connectivity index (χ4n) is 4.84. The molecule has 0 atom stereocenters. The predicted octanol–water partition coefficient (Wildman–Crippen LogP) is 4.37. The van der Waals surface area contributed by atoms with E-state index in [-0.39, 0.29) is 24.3 Å². The molecule has 4 aromatic rings. The first-order chi connectivity index (χ1) is 20.7. The molecule has 1 aliphatic heterocycles. The Morgan fingerprint density at radius 3 is 2.47 bits per heavy atom. The van der Waals surface area contributed by atoms with Gasteiger partial charge in [-0.15, -0.1) is 0 Å². The molecule has 13 heteroatoms. The number of carbonyl (C=O) groups is 1. The second-order valence-electron chi connectivity index (χ2n) is 10.2. The highest BCUT2D eigenvalue weighted by molar-refractivity contribution is 6.04. The molecule has 3 heterocycles. The number of aliphatic hydroxyl groups excluding tert-OH is 1. The number of hydrogen-bond acceptors (Lipinski definition) is 9. The van der Waals surface area contributed by atoms with E-state index in [0.29, 0.717) is 55.7 Å². The Morgan fingerprint density at radius 1 is 1.00 bits per heavy atom. The van der Waals surface area contributed by atoms with Crippen LogP contribution in [0.25, 0.3) is 11.3 Å². The highest BCUT2D eigenvalue weighted by atomic mass is 19.4. The fraction of sp³-hybridized carbons (Fsp3) is 0.300. The molecule has 1 amide bonds. The Labute approximate surface area is 246 Å². The topological polar surface area (TPSA) is 119 Å². The summed E-state index contributed by atoms with van der Waals surface area (Å²) in [7, 11) is 0. The third-order valence-corrected chi connectivity index (χ3v) is 7.21. The molecule has 1 aliphatic rings. The van der Waals surface area contributed by atoms with Crippen molar-refractivity contribution in [2.45, 2.75) is 19.6 Å². The van der Waals surface area contributed by atoms with E-state index in [1.54, 1.807) is 42.9 Å². The highest BCUT2D eigenvalue weighted by Gasteiger charge is 2.34. The fourth-order valence-corrected chi connectivity index (χ4v) is 4.84. The smallest absolute Gasteiger partial charge is 0.395 e. The summed E-state index contributed by atoms with van der Waals surface area (Å²) in [5, 5.41) is 15.0. The van der Waals surface area contributed by atoms with E-state index in [9.17, 15) is 18.0 Å². The number of anilines is 3. The number of halogens is 3. The van der Waals surface area contributed by atoms with Crippen LogP contribution in [0.3, 0.4) is 0 Å². The van der Waals surface area contributed by atoms with Crippen molar-refractivity contribution in [2.75, 3.05) is 50.0 Å². The van der Waals surface area contributed by atoms with Gasteiger partial charge in [-0.1, -0.05) is 12.1 Å². The Balaban J connectivity index is 1.29. The molecule has 1 saturated heterocycles. The van der Waals surface area contributed by atoms with Crippen LogP contribution in [0, 0.1) is 6.92 Å². The van der Waals surface area contributed by atoms with Gasteiger partial charge < -0.3 is 15.7 Å². The number of β-amino-alcohol motifs (C(OH)–C–C–N with tert-alkyl or cyclic N) is 1. The quantitative estimate of drug-likeness (QED) is 0.260. The van der Waals surface area contributed by atoms with Crippen LogP contribution in [0.5, 0.6) is 0 Å². The number of nitrogens with zero attached hydrogens (tertiary/aromatic N) is 6. The van der Waals surface area contributed by atoms with Gasteiger partial charge >= 0.3 is 6.18 Å². The summed E-state index contributed by atoms with van der Waals surface area (Å²) >= 11 is 0. The molecule has 0 aliphatic carbocycles. The lowest BCUT2D eigenvalue weighted by Gasteiger charge is -2.34. The monoisotopic (exact) mass is 592 g/mol. The number of hydrogen-bond donors (Lipinski definition) is 3. The van der Waals surface area contributed by atoms with E-state index < -0.39 is 17.6 Å². The van der Waals surface area contributed by atoms with Crippen molar-refractivity contribution in [3.05, 3.63) is 89.6 Å². The Hall–Kier alpha value is -4.46. The van der Waals surface area contributed by atoms with E-state index >= 15 is 0 Å². The summed E-state index contributed by atoms with van der Waals surface area (Å²) in [4.78, 5) is 33.9. The zero-order chi connectivity index (χ0) is 30.4. The molecule has 5 rings (SSSR count). The summed E-state index contributed by atoms with van der Waals surface area (Å²) in [6.45, 7) is 5.13. The maximum Gasteiger partial charge on any atom is 0.416 e. The number of carbonyl (C=O) groups excluding carboxylic acids is 1. The molecule has 3 N–H and O–H groups in total. The van der Waals surface area contributed by atoms with Gasteiger partial charge in [0.2, 0.25) is 5.95 Å². The van der Waals surface area contributed by atoms with Gasteiger partial charge in [0, 0.05) is 80.4 Å². The van der Waals surface area contributed by atoms with Gasteiger partial charge in [-0.05, 0) is 48.4 Å². The number of piperazine rings is 1. The zero-order valence-electron chi connectivity index (χ0n) is 23.5. The summed E-state index contributed by atoms with van der Waals surface area (Å²) < 4.78 is 42.2. The number of amides is 1. The molecular formula is C30H31F3N8O2. The van der Waals surface area contributed by atoms with E-state index in [4.69, 9.17) is 5.11 Å². The lowest BCUT2D eigenvalue weighted by Crippen LogP contribution is -2.46. The van der Waals surface area contributed by atoms with Crippen molar-refractivity contribution in [1.82, 2.24) is 29.7 Å². The van der Waals surface area contributed by atoms with Crippen molar-refractivity contribution in [1.29, 1.82) is 0 Å². The maximum absolute atomic E-state index is 14.1. The number of rotatable bonds is 9. The van der Waals surface area contributed by atoms with Crippen molar-refractivity contribution in [3.63, 3.8) is 0 Å². The van der Waals surface area contributed by atoms with Crippen LogP contribution in [0.1, 0.15) is 27.0 Å². The number of aryl methyl sites for hydroxylation is 1. The van der Waals surface area contributed by atoms with Crippen molar-refractivity contribution >= 4 is 23.2 Å². The lowest BCUT2D eigenvalue weighted by molar-refractivity contribution is -0.138. The Kier molecular flexibility index (Phi) is 9.24. The number of aromatic nitrogens is 4. The van der Waals surface area contributed by atoms with Gasteiger partial charge in [0.05, 0.1) is 17.9 Å². The predicted molar refractivity (Wildman–Crippen MR) is 156 cm³/mol. The molecule has 0 unspecified atom stereocenters. The summed E-state index contributed by atoms with van der Waals surface area (Å²) in [5.74, 6) is -0.347. The van der Waals surface area contributed by atoms with Gasteiger partial charge in [-0.25, -0.2) is 19.9 Å². The second-order valence-corrected chi connectivity index (χ2v) is 10.2. The molecule has 0 bridgehead atoms. The largest absolute Gasteiger partial charge is 0.416 e. The van der Waals surface area contributed by atoms with Gasteiger partial charge in [0.25, 0.3) is 5.91 Å². The van der Waals surface area contributed by atoms with Crippen molar-refractivity contribution in [2.24, 2.45) is 0 Å². The van der Waals surface area contributed by atoms with Crippen molar-refractivity contribution in [3.8, 4) is 11.3 Å². The number of alkyl halides is 3. The lowest BCUT2D eigenvalue weighted by atomic mass is 10.0. The highest BCUT2D eigenvalue weighted by Crippen LogP contribution is 2.34. The van der Waals surface area contributed by atoms with E-state index in [1.165, 1.54) is 18.5 Å². The summed E-state index contributed by atoms with van der Waals surface area (Å²) in [6.07, 6.45) is 1.68. The molecule has 2 aromatic carbocycles. The van der Waals surface area contributed by atoms with Crippen molar-refractivity contribution < 1.29 is 23.1 Å². The minimum Gasteiger partial charge on any atom is -0.395 e. The summed E-state index contributed by atoms with van der Waals surface area (Å²) in [6, 6.07) is 10.6. The minimum absolute atomic E-state index is 0.0510. The normalized spacial score (nSPS) is 14.4. The van der Waals surface area contributed by atoms with E-state index in [2.05, 4.69) is 35.5 Å². The van der Waals surface area contributed by atoms with Crippen LogP contribution >= 0.6 is 0 Å². The maximum atomic E-state index is 14.1. The standard InChI is InChI=1S/C30H31F3N8O2/c1-20-2-5-24(15-27(20)39-29-36-7-6-26(38-29)23-16-34-19-35-17-23)37-28(43)21-3-4-22(25(14-21)30(31,32)33)18-41-10-8-40(9-11-41)12-13-42/h2-7,14-17,19,42H,8-13,18H2,1H3,(H,37,43)(H,36,38,39). The first-order valence-corrected chi connectivity index (χ1v) is 13.7. The average molecular weight is 593 g/mol. The van der Waals surface area contributed by atoms with Crippen LogP contribution in [0.15, 0.2) is 67.4 Å². The SMILES string of the molecule is Cc1ccc(NC(=O)c2ccc(CN3CCN(CCO)CC3)c(C(F)(F)F)c2)cc1Nc1nccc(-c2cncnc2)n1. The van der Waals surface area contributed by atoms with Gasteiger partial charge in [0.15, 0.2) is 0 Å². The van der Waals surface area contributed by atoms with Crippen LogP contribution in [0.2, 0.25) is 0 Å². The zero-order valence-corrected chi connectivity index (χ0v) is 23.5. The molecule has 2 aromatic heterocycles. The molecule has 0 radical (unpaired) electrons. The first kappa shape index (κ1) is 30.0. The minimum atomic E-state index is -4.62. The van der Waals surface area contributed by atoms with E-state index in [0.717, 1.165) is 17.2 Å². The van der Waals surface area contributed by atoms with Crippen LogP contribution in [0.4, 0.5) is 30.5 Å². The van der Waals surface area contributed by atoms with E-state index in [1.807, 2.05) is 11.8 Å². The second kappa shape index (κ2) is 13.2. The Morgan fingerprint density at radius 2 is 1.74 bits per heavy atom. The first-order valence-electron chi connectivity index (χ1n) is 13.7.